The Kier molecular flexibility index (Phi) is 15.3. The second-order valence-corrected chi connectivity index (χ2v) is 9.61. The molecule has 0 unspecified atom stereocenters. The second-order valence-electron chi connectivity index (χ2n) is 9.61. The molecule has 0 aliphatic rings. The summed E-state index contributed by atoms with van der Waals surface area (Å²) in [6.45, 7) is 5.28. The first kappa shape index (κ1) is 29.6. The lowest BCUT2D eigenvalue weighted by Crippen LogP contribution is -2.11. The van der Waals surface area contributed by atoms with E-state index in [9.17, 15) is 9.59 Å². The molecule has 36 heavy (non-hydrogen) atoms. The van der Waals surface area contributed by atoms with Gasteiger partial charge < -0.3 is 9.47 Å². The number of carbonyl (C=O) groups is 2. The van der Waals surface area contributed by atoms with Gasteiger partial charge in [-0.3, -0.25) is 0 Å². The fourth-order valence-electron chi connectivity index (χ4n) is 4.40. The molecule has 0 fully saturated rings. The van der Waals surface area contributed by atoms with Crippen LogP contribution < -0.4 is 0 Å². The van der Waals surface area contributed by atoms with E-state index < -0.39 is 0 Å². The van der Waals surface area contributed by atoms with Gasteiger partial charge in [0.2, 0.25) is 0 Å². The lowest BCUT2D eigenvalue weighted by Gasteiger charge is -2.13. The molecule has 0 atom stereocenters. The van der Waals surface area contributed by atoms with Crippen LogP contribution in [0.1, 0.15) is 124 Å². The smallest absolute Gasteiger partial charge is 0.338 e. The molecule has 0 aromatic heterocycles. The Hall–Kier alpha value is -2.62. The van der Waals surface area contributed by atoms with Crippen molar-refractivity contribution < 1.29 is 19.1 Å². The molecule has 0 saturated heterocycles. The molecule has 0 saturated carbocycles. The summed E-state index contributed by atoms with van der Waals surface area (Å²) in [7, 11) is 0. The molecule has 0 heterocycles. The summed E-state index contributed by atoms with van der Waals surface area (Å²) >= 11 is 0. The monoisotopic (exact) mass is 494 g/mol. The van der Waals surface area contributed by atoms with Crippen LogP contribution in [0.2, 0.25) is 0 Å². The number of unbranched alkanes of at least 4 members (excludes halogenated alkanes) is 12. The van der Waals surface area contributed by atoms with E-state index in [1.807, 2.05) is 36.4 Å². The third kappa shape index (κ3) is 11.0. The second kappa shape index (κ2) is 18.6. The molecule has 0 N–H and O–H groups in total. The predicted molar refractivity (Wildman–Crippen MR) is 148 cm³/mol. The highest BCUT2D eigenvalue weighted by Gasteiger charge is 2.19. The fraction of sp³-hybridized carbons (Fsp3) is 0.562. The Morgan fingerprint density at radius 1 is 0.500 bits per heavy atom. The van der Waals surface area contributed by atoms with Gasteiger partial charge in [-0.2, -0.15) is 0 Å². The predicted octanol–water partition coefficient (Wildman–Crippen LogP) is 9.17. The minimum Gasteiger partial charge on any atom is -0.462 e. The van der Waals surface area contributed by atoms with Gasteiger partial charge in [-0.15, -0.1) is 0 Å². The van der Waals surface area contributed by atoms with E-state index in [1.54, 1.807) is 12.1 Å². The molecule has 0 amide bonds. The quantitative estimate of drug-likeness (QED) is 0.144. The van der Waals surface area contributed by atoms with Crippen LogP contribution in [-0.2, 0) is 9.47 Å². The van der Waals surface area contributed by atoms with Crippen molar-refractivity contribution >= 4 is 11.9 Å². The molecule has 2 aromatic carbocycles. The number of carbonyl (C=O) groups excluding carboxylic acids is 2. The maximum atomic E-state index is 12.9. The van der Waals surface area contributed by atoms with E-state index >= 15 is 0 Å². The third-order valence-electron chi connectivity index (χ3n) is 6.55. The zero-order valence-corrected chi connectivity index (χ0v) is 22.6. The summed E-state index contributed by atoms with van der Waals surface area (Å²) in [5, 5.41) is 0. The van der Waals surface area contributed by atoms with Crippen molar-refractivity contribution in [3.63, 3.8) is 0 Å². The Morgan fingerprint density at radius 3 is 1.22 bits per heavy atom. The van der Waals surface area contributed by atoms with Gasteiger partial charge in [0, 0.05) is 0 Å². The summed E-state index contributed by atoms with van der Waals surface area (Å²) in [4.78, 5) is 25.8. The number of rotatable bonds is 19. The van der Waals surface area contributed by atoms with Gasteiger partial charge in [0.25, 0.3) is 0 Å². The molecule has 0 aliphatic heterocycles. The van der Waals surface area contributed by atoms with Gasteiger partial charge >= 0.3 is 11.9 Å². The van der Waals surface area contributed by atoms with Crippen molar-refractivity contribution in [2.45, 2.75) is 104 Å². The molecular weight excluding hydrogens is 448 g/mol. The van der Waals surface area contributed by atoms with Crippen LogP contribution in [0, 0.1) is 0 Å². The standard InChI is InChI=1S/C32H46O4/c1-3-5-7-9-11-13-19-25-35-31(33)29-23-17-15-21-27(29)28-22-16-18-24-30(28)32(34)36-26-20-14-12-10-8-6-4-2/h15-18,21-24H,3-14,19-20,25-26H2,1-2H3. The molecule has 4 nitrogen and oxygen atoms in total. The summed E-state index contributed by atoms with van der Waals surface area (Å²) in [6.07, 6.45) is 16.4. The van der Waals surface area contributed by atoms with E-state index in [0.717, 1.165) is 25.7 Å². The van der Waals surface area contributed by atoms with E-state index in [0.29, 0.717) is 35.5 Å². The Labute approximate surface area is 218 Å². The molecular formula is C32H46O4. The van der Waals surface area contributed by atoms with Gasteiger partial charge in [-0.25, -0.2) is 9.59 Å². The summed E-state index contributed by atoms with van der Waals surface area (Å²) in [5.74, 6) is -0.689. The van der Waals surface area contributed by atoms with E-state index in [4.69, 9.17) is 9.47 Å². The highest BCUT2D eigenvalue weighted by Crippen LogP contribution is 2.28. The minimum absolute atomic E-state index is 0.345. The van der Waals surface area contributed by atoms with Gasteiger partial charge in [-0.05, 0) is 36.1 Å². The van der Waals surface area contributed by atoms with Gasteiger partial charge in [-0.1, -0.05) is 127 Å². The molecule has 0 aliphatic carbocycles. The summed E-state index contributed by atoms with van der Waals surface area (Å²) in [5.41, 5.74) is 2.36. The van der Waals surface area contributed by atoms with E-state index in [2.05, 4.69) is 13.8 Å². The van der Waals surface area contributed by atoms with Crippen molar-refractivity contribution in [1.29, 1.82) is 0 Å². The van der Waals surface area contributed by atoms with Crippen LogP contribution in [-0.4, -0.2) is 25.2 Å². The van der Waals surface area contributed by atoms with Crippen molar-refractivity contribution in [3.8, 4) is 11.1 Å². The first-order valence-corrected chi connectivity index (χ1v) is 14.2. The van der Waals surface area contributed by atoms with E-state index in [-0.39, 0.29) is 11.9 Å². The average molecular weight is 495 g/mol. The zero-order chi connectivity index (χ0) is 25.8. The molecule has 4 heteroatoms. The Bertz CT molecular complexity index is 816. The van der Waals surface area contributed by atoms with Crippen LogP contribution >= 0.6 is 0 Å². The van der Waals surface area contributed by atoms with Crippen LogP contribution in [0.15, 0.2) is 48.5 Å². The Morgan fingerprint density at radius 2 is 0.833 bits per heavy atom. The largest absolute Gasteiger partial charge is 0.462 e. The van der Waals surface area contributed by atoms with Crippen LogP contribution in [0.4, 0.5) is 0 Å². The Balaban J connectivity index is 1.91. The minimum atomic E-state index is -0.345. The van der Waals surface area contributed by atoms with Gasteiger partial charge in [0.05, 0.1) is 24.3 Å². The van der Waals surface area contributed by atoms with Crippen molar-refractivity contribution in [2.75, 3.05) is 13.2 Å². The SMILES string of the molecule is CCCCCCCCCOC(=O)c1ccccc1-c1ccccc1C(=O)OCCCCCCCCC. The first-order chi connectivity index (χ1) is 17.7. The molecule has 0 spiro atoms. The highest BCUT2D eigenvalue weighted by atomic mass is 16.5. The normalized spacial score (nSPS) is 10.8. The number of ether oxygens (including phenoxy) is 2. The average Bonchev–Trinajstić information content (AvgIpc) is 2.91. The van der Waals surface area contributed by atoms with Gasteiger partial charge in [0.1, 0.15) is 0 Å². The topological polar surface area (TPSA) is 52.6 Å². The number of benzene rings is 2. The molecule has 198 valence electrons. The number of esters is 2. The molecule has 2 rings (SSSR count). The van der Waals surface area contributed by atoms with Crippen molar-refractivity contribution in [3.05, 3.63) is 59.7 Å². The van der Waals surface area contributed by atoms with E-state index in [1.165, 1.54) is 64.2 Å². The van der Waals surface area contributed by atoms with Crippen LogP contribution in [0.25, 0.3) is 11.1 Å². The maximum absolute atomic E-state index is 12.9. The first-order valence-electron chi connectivity index (χ1n) is 14.2. The molecule has 0 radical (unpaired) electrons. The maximum Gasteiger partial charge on any atom is 0.338 e. The highest BCUT2D eigenvalue weighted by molar-refractivity contribution is 6.03. The van der Waals surface area contributed by atoms with Crippen LogP contribution in [0.5, 0.6) is 0 Å². The fourth-order valence-corrected chi connectivity index (χ4v) is 4.40. The third-order valence-corrected chi connectivity index (χ3v) is 6.55. The molecule has 0 bridgehead atoms. The number of hydrogen-bond donors (Lipinski definition) is 0. The lowest BCUT2D eigenvalue weighted by molar-refractivity contribution is 0.0486. The number of hydrogen-bond acceptors (Lipinski definition) is 4. The van der Waals surface area contributed by atoms with Crippen LogP contribution in [0.3, 0.4) is 0 Å². The van der Waals surface area contributed by atoms with Crippen molar-refractivity contribution in [2.24, 2.45) is 0 Å². The lowest BCUT2D eigenvalue weighted by atomic mass is 9.95. The van der Waals surface area contributed by atoms with Crippen molar-refractivity contribution in [1.82, 2.24) is 0 Å². The van der Waals surface area contributed by atoms with Gasteiger partial charge in [0.15, 0.2) is 0 Å². The molecule has 2 aromatic rings. The summed E-state index contributed by atoms with van der Waals surface area (Å²) < 4.78 is 11.2. The zero-order valence-electron chi connectivity index (χ0n) is 22.6. The summed E-state index contributed by atoms with van der Waals surface area (Å²) in [6, 6.07) is 14.7.